The predicted molar refractivity (Wildman–Crippen MR) is 65.1 cm³/mol. The van der Waals surface area contributed by atoms with E-state index in [0.717, 1.165) is 24.1 Å². The van der Waals surface area contributed by atoms with Gasteiger partial charge >= 0.3 is 0 Å². The summed E-state index contributed by atoms with van der Waals surface area (Å²) < 4.78 is 5.68. The average Bonchev–Trinajstić information content (AvgIpc) is 2.26. The molecule has 0 radical (unpaired) electrons. The summed E-state index contributed by atoms with van der Waals surface area (Å²) in [5.41, 5.74) is 1.83. The Kier molecular flexibility index (Phi) is 3.58. The molecule has 0 aliphatic heterocycles. The van der Waals surface area contributed by atoms with Gasteiger partial charge in [-0.2, -0.15) is 0 Å². The maximum atomic E-state index is 10.7. The Balaban J connectivity index is 2.10. The molecular weight excluding hydrogens is 220 g/mol. The number of nitro benzene ring substituents is 1. The molecule has 0 heterocycles. The van der Waals surface area contributed by atoms with Gasteiger partial charge in [-0.1, -0.05) is 0 Å². The van der Waals surface area contributed by atoms with Crippen molar-refractivity contribution >= 4 is 11.4 Å². The molecule has 0 amide bonds. The molecule has 1 saturated carbocycles. The van der Waals surface area contributed by atoms with Crippen LogP contribution < -0.4 is 5.32 Å². The van der Waals surface area contributed by atoms with Crippen LogP contribution in [0.15, 0.2) is 18.2 Å². The van der Waals surface area contributed by atoms with Gasteiger partial charge in [-0.15, -0.1) is 0 Å². The van der Waals surface area contributed by atoms with Crippen LogP contribution in [0.2, 0.25) is 0 Å². The summed E-state index contributed by atoms with van der Waals surface area (Å²) in [7, 11) is 1.80. The van der Waals surface area contributed by atoms with Crippen molar-refractivity contribution in [3.05, 3.63) is 33.9 Å². The zero-order chi connectivity index (χ0) is 12.3. The molecule has 5 nitrogen and oxygen atoms in total. The second-order valence-corrected chi connectivity index (χ2v) is 4.21. The highest BCUT2D eigenvalue weighted by Gasteiger charge is 2.19. The fraction of sp³-hybridized carbons (Fsp3) is 0.500. The summed E-state index contributed by atoms with van der Waals surface area (Å²) in [5, 5.41) is 13.7. The molecule has 0 aromatic heterocycles. The summed E-state index contributed by atoms with van der Waals surface area (Å²) >= 11 is 0. The van der Waals surface area contributed by atoms with Crippen LogP contribution in [0.4, 0.5) is 11.4 Å². The maximum absolute atomic E-state index is 10.7. The highest BCUT2D eigenvalue weighted by molar-refractivity contribution is 5.55. The summed E-state index contributed by atoms with van der Waals surface area (Å²) in [5.74, 6) is 0. The van der Waals surface area contributed by atoms with Crippen LogP contribution >= 0.6 is 0 Å². The minimum Gasteiger partial charge on any atom is -0.388 e. The van der Waals surface area contributed by atoms with E-state index in [1.807, 2.05) is 0 Å². The van der Waals surface area contributed by atoms with Gasteiger partial charge in [0.05, 0.1) is 17.6 Å². The normalized spacial score (nSPS) is 15.4. The maximum Gasteiger partial charge on any atom is 0.269 e. The third kappa shape index (κ3) is 2.74. The molecule has 0 atom stereocenters. The van der Waals surface area contributed by atoms with Gasteiger partial charge < -0.3 is 10.1 Å². The van der Waals surface area contributed by atoms with Crippen LogP contribution in [0.1, 0.15) is 24.8 Å². The number of non-ortho nitro benzene ring substituents is 1. The van der Waals surface area contributed by atoms with Crippen LogP contribution in [-0.2, 0) is 11.3 Å². The lowest BCUT2D eigenvalue weighted by Gasteiger charge is -2.25. The fourth-order valence-electron chi connectivity index (χ4n) is 1.80. The quantitative estimate of drug-likeness (QED) is 0.630. The van der Waals surface area contributed by atoms with Gasteiger partial charge in [0.1, 0.15) is 0 Å². The van der Waals surface area contributed by atoms with Gasteiger partial charge in [0.15, 0.2) is 0 Å². The molecule has 0 bridgehead atoms. The van der Waals surface area contributed by atoms with Crippen molar-refractivity contribution in [1.82, 2.24) is 0 Å². The molecule has 1 aliphatic carbocycles. The Labute approximate surface area is 99.9 Å². The van der Waals surface area contributed by atoms with E-state index in [0.29, 0.717) is 12.7 Å². The first-order valence-electron chi connectivity index (χ1n) is 5.77. The van der Waals surface area contributed by atoms with Crippen molar-refractivity contribution in [3.63, 3.8) is 0 Å². The molecule has 92 valence electrons. The van der Waals surface area contributed by atoms with E-state index in [1.54, 1.807) is 19.2 Å². The lowest BCUT2D eigenvalue weighted by molar-refractivity contribution is -0.384. The number of nitro groups is 1. The van der Waals surface area contributed by atoms with Crippen LogP contribution in [0.3, 0.4) is 0 Å². The molecule has 17 heavy (non-hydrogen) atoms. The number of nitrogens with one attached hydrogen (secondary N) is 1. The van der Waals surface area contributed by atoms with Gasteiger partial charge in [-0.05, 0) is 25.3 Å². The molecule has 1 fully saturated rings. The molecule has 0 saturated heterocycles. The van der Waals surface area contributed by atoms with E-state index in [1.165, 1.54) is 12.5 Å². The second kappa shape index (κ2) is 5.14. The van der Waals surface area contributed by atoms with Gasteiger partial charge in [-0.3, -0.25) is 10.1 Å². The van der Waals surface area contributed by atoms with Crippen LogP contribution in [-0.4, -0.2) is 18.1 Å². The standard InChI is InChI=1S/C12H16N2O3/c1-13-12-6-5-10(14(15)16)7-9(12)8-17-11-3-2-4-11/h5-7,11,13H,2-4,8H2,1H3. The minimum atomic E-state index is -0.383. The SMILES string of the molecule is CNc1ccc([N+](=O)[O-])cc1COC1CCC1. The van der Waals surface area contributed by atoms with E-state index >= 15 is 0 Å². The van der Waals surface area contributed by atoms with Gasteiger partial charge in [0.2, 0.25) is 0 Å². The minimum absolute atomic E-state index is 0.108. The Hall–Kier alpha value is -1.62. The van der Waals surface area contributed by atoms with E-state index in [2.05, 4.69) is 5.32 Å². The van der Waals surface area contributed by atoms with Crippen molar-refractivity contribution in [2.45, 2.75) is 32.0 Å². The molecule has 1 aromatic carbocycles. The molecule has 1 N–H and O–H groups in total. The molecule has 2 rings (SSSR count). The molecule has 1 aromatic rings. The van der Waals surface area contributed by atoms with E-state index in [9.17, 15) is 10.1 Å². The summed E-state index contributed by atoms with van der Waals surface area (Å²) in [6.07, 6.45) is 3.76. The Morgan fingerprint density at radius 3 is 2.82 bits per heavy atom. The number of ether oxygens (including phenoxy) is 1. The number of hydrogen-bond donors (Lipinski definition) is 1. The number of rotatable bonds is 5. The van der Waals surface area contributed by atoms with Crippen LogP contribution in [0, 0.1) is 10.1 Å². The van der Waals surface area contributed by atoms with Crippen LogP contribution in [0.5, 0.6) is 0 Å². The summed E-state index contributed by atoms with van der Waals surface area (Å²) in [6, 6.07) is 4.79. The van der Waals surface area contributed by atoms with E-state index < -0.39 is 0 Å². The number of benzene rings is 1. The fourth-order valence-corrected chi connectivity index (χ4v) is 1.80. The lowest BCUT2D eigenvalue weighted by Crippen LogP contribution is -2.21. The van der Waals surface area contributed by atoms with Gasteiger partial charge in [-0.25, -0.2) is 0 Å². The van der Waals surface area contributed by atoms with Crippen molar-refractivity contribution < 1.29 is 9.66 Å². The smallest absolute Gasteiger partial charge is 0.269 e. The van der Waals surface area contributed by atoms with Gasteiger partial charge in [0.25, 0.3) is 5.69 Å². The largest absolute Gasteiger partial charge is 0.388 e. The number of nitrogens with zero attached hydrogens (tertiary/aromatic N) is 1. The zero-order valence-corrected chi connectivity index (χ0v) is 9.81. The van der Waals surface area contributed by atoms with Crippen LogP contribution in [0.25, 0.3) is 0 Å². The highest BCUT2D eigenvalue weighted by atomic mass is 16.6. The first-order chi connectivity index (χ1) is 8.20. The van der Waals surface area contributed by atoms with E-state index in [-0.39, 0.29) is 10.6 Å². The average molecular weight is 236 g/mol. The van der Waals surface area contributed by atoms with Crippen molar-refractivity contribution in [1.29, 1.82) is 0 Å². The molecule has 0 spiro atoms. The third-order valence-corrected chi connectivity index (χ3v) is 3.10. The van der Waals surface area contributed by atoms with Crippen molar-refractivity contribution in [3.8, 4) is 0 Å². The predicted octanol–water partition coefficient (Wildman–Crippen LogP) is 2.71. The van der Waals surface area contributed by atoms with Crippen molar-refractivity contribution in [2.24, 2.45) is 0 Å². The number of anilines is 1. The Bertz CT molecular complexity index is 416. The summed E-state index contributed by atoms with van der Waals surface area (Å²) in [6.45, 7) is 0.433. The van der Waals surface area contributed by atoms with Crippen molar-refractivity contribution in [2.75, 3.05) is 12.4 Å². The number of hydrogen-bond acceptors (Lipinski definition) is 4. The molecular formula is C12H16N2O3. The highest BCUT2D eigenvalue weighted by Crippen LogP contribution is 2.27. The lowest BCUT2D eigenvalue weighted by atomic mass is 9.96. The second-order valence-electron chi connectivity index (χ2n) is 4.21. The topological polar surface area (TPSA) is 64.4 Å². The third-order valence-electron chi connectivity index (χ3n) is 3.10. The molecule has 0 unspecified atom stereocenters. The molecule has 5 heteroatoms. The first-order valence-corrected chi connectivity index (χ1v) is 5.77. The first kappa shape index (κ1) is 11.9. The monoisotopic (exact) mass is 236 g/mol. The summed E-state index contributed by atoms with van der Waals surface area (Å²) in [4.78, 5) is 10.3. The Morgan fingerprint density at radius 2 is 2.29 bits per heavy atom. The Morgan fingerprint density at radius 1 is 1.53 bits per heavy atom. The van der Waals surface area contributed by atoms with E-state index in [4.69, 9.17) is 4.74 Å². The molecule has 1 aliphatic rings. The zero-order valence-electron chi connectivity index (χ0n) is 9.81. The van der Waals surface area contributed by atoms with Gasteiger partial charge in [0, 0.05) is 30.4 Å².